The molecular weight excluding hydrogens is 370 g/mol. The molecule has 2 aromatic carbocycles. The molecule has 1 aliphatic rings. The Kier molecular flexibility index (Phi) is 5.74. The maximum atomic E-state index is 11.8. The second-order valence-electron chi connectivity index (χ2n) is 7.00. The Bertz CT molecular complexity index is 911. The van der Waals surface area contributed by atoms with Crippen LogP contribution in [0.5, 0.6) is 5.75 Å². The number of benzene rings is 2. The molecule has 2 heterocycles. The van der Waals surface area contributed by atoms with Crippen LogP contribution in [0.15, 0.2) is 72.1 Å². The van der Waals surface area contributed by atoms with Crippen molar-refractivity contribution in [3.05, 3.63) is 88.1 Å². The van der Waals surface area contributed by atoms with Crippen molar-refractivity contribution in [3.8, 4) is 5.75 Å². The summed E-state index contributed by atoms with van der Waals surface area (Å²) >= 11 is 1.67. The van der Waals surface area contributed by atoms with Crippen LogP contribution in [0.25, 0.3) is 0 Å². The van der Waals surface area contributed by atoms with Crippen molar-refractivity contribution >= 4 is 17.3 Å². The number of likely N-dealkylation sites (tertiary alicyclic amines) is 1. The SMILES string of the molecule is O=C(O)C1CCCN1C(c1cccc(OCc2ccccc2)c1)c1cccs1. The third kappa shape index (κ3) is 4.11. The average Bonchev–Trinajstić information content (AvgIpc) is 3.41. The molecule has 4 nitrogen and oxygen atoms in total. The fourth-order valence-electron chi connectivity index (χ4n) is 3.84. The Morgan fingerprint density at radius 1 is 1.14 bits per heavy atom. The monoisotopic (exact) mass is 393 g/mol. The topological polar surface area (TPSA) is 49.8 Å². The van der Waals surface area contributed by atoms with Gasteiger partial charge in [-0.2, -0.15) is 0 Å². The highest BCUT2D eigenvalue weighted by molar-refractivity contribution is 7.10. The van der Waals surface area contributed by atoms with E-state index in [1.54, 1.807) is 11.3 Å². The summed E-state index contributed by atoms with van der Waals surface area (Å²) in [7, 11) is 0. The zero-order valence-electron chi connectivity index (χ0n) is 15.5. The minimum Gasteiger partial charge on any atom is -0.489 e. The van der Waals surface area contributed by atoms with E-state index in [4.69, 9.17) is 4.74 Å². The van der Waals surface area contributed by atoms with E-state index >= 15 is 0 Å². The lowest BCUT2D eigenvalue weighted by Crippen LogP contribution is -2.39. The molecule has 4 rings (SSSR count). The molecule has 1 saturated heterocycles. The third-order valence-corrected chi connectivity index (χ3v) is 6.07. The minimum absolute atomic E-state index is 0.0659. The van der Waals surface area contributed by atoms with E-state index in [-0.39, 0.29) is 6.04 Å². The number of carboxylic acid groups (broad SMARTS) is 1. The highest BCUT2D eigenvalue weighted by Gasteiger charge is 2.37. The van der Waals surface area contributed by atoms with Crippen molar-refractivity contribution in [1.29, 1.82) is 0 Å². The molecule has 0 spiro atoms. The Morgan fingerprint density at radius 2 is 2.00 bits per heavy atom. The lowest BCUT2D eigenvalue weighted by atomic mass is 10.0. The van der Waals surface area contributed by atoms with Gasteiger partial charge in [-0.1, -0.05) is 48.5 Å². The molecule has 0 amide bonds. The number of carboxylic acids is 1. The van der Waals surface area contributed by atoms with Gasteiger partial charge < -0.3 is 9.84 Å². The van der Waals surface area contributed by atoms with E-state index in [1.807, 2.05) is 60.0 Å². The van der Waals surface area contributed by atoms with E-state index in [0.717, 1.165) is 34.7 Å². The van der Waals surface area contributed by atoms with Crippen molar-refractivity contribution in [2.45, 2.75) is 31.5 Å². The zero-order valence-corrected chi connectivity index (χ0v) is 16.3. The molecule has 1 aliphatic heterocycles. The highest BCUT2D eigenvalue weighted by Crippen LogP contribution is 2.38. The molecule has 0 radical (unpaired) electrons. The van der Waals surface area contributed by atoms with Gasteiger partial charge in [0.15, 0.2) is 0 Å². The lowest BCUT2D eigenvalue weighted by molar-refractivity contribution is -0.142. The average molecular weight is 394 g/mol. The number of ether oxygens (including phenoxy) is 1. The van der Waals surface area contributed by atoms with Gasteiger partial charge in [-0.05, 0) is 47.5 Å². The molecule has 28 heavy (non-hydrogen) atoms. The molecule has 1 N–H and O–H groups in total. The van der Waals surface area contributed by atoms with Gasteiger partial charge in [-0.25, -0.2) is 0 Å². The molecule has 3 aromatic rings. The zero-order chi connectivity index (χ0) is 19.3. The molecule has 1 fully saturated rings. The van der Waals surface area contributed by atoms with Gasteiger partial charge in [0, 0.05) is 11.4 Å². The van der Waals surface area contributed by atoms with Gasteiger partial charge in [0.05, 0.1) is 6.04 Å². The lowest BCUT2D eigenvalue weighted by Gasteiger charge is -2.31. The summed E-state index contributed by atoms with van der Waals surface area (Å²) < 4.78 is 6.01. The number of hydrogen-bond acceptors (Lipinski definition) is 4. The molecule has 1 aromatic heterocycles. The van der Waals surface area contributed by atoms with Crippen LogP contribution < -0.4 is 4.74 Å². The highest BCUT2D eigenvalue weighted by atomic mass is 32.1. The van der Waals surface area contributed by atoms with Gasteiger partial charge in [0.2, 0.25) is 0 Å². The quantitative estimate of drug-likeness (QED) is 0.616. The molecule has 2 atom stereocenters. The smallest absolute Gasteiger partial charge is 0.320 e. The molecule has 0 aliphatic carbocycles. The fourth-order valence-corrected chi connectivity index (χ4v) is 4.72. The van der Waals surface area contributed by atoms with Crippen molar-refractivity contribution in [1.82, 2.24) is 4.90 Å². The summed E-state index contributed by atoms with van der Waals surface area (Å²) in [5, 5.41) is 11.7. The molecule has 0 saturated carbocycles. The summed E-state index contributed by atoms with van der Waals surface area (Å²) in [5.41, 5.74) is 2.19. The number of thiophene rings is 1. The Hall–Kier alpha value is -2.63. The van der Waals surface area contributed by atoms with Crippen molar-refractivity contribution in [2.75, 3.05) is 6.54 Å². The number of aliphatic carboxylic acids is 1. The fraction of sp³-hybridized carbons (Fsp3) is 0.261. The standard InChI is InChI=1S/C23H23NO3S/c25-23(26)20-11-5-13-24(20)22(21-12-6-14-28-21)18-9-4-10-19(15-18)27-16-17-7-2-1-3-8-17/h1-4,6-10,12,14-15,20,22H,5,11,13,16H2,(H,25,26). The summed E-state index contributed by atoms with van der Waals surface area (Å²) in [6.07, 6.45) is 1.60. The number of rotatable bonds is 7. The van der Waals surface area contributed by atoms with E-state index in [0.29, 0.717) is 13.0 Å². The predicted molar refractivity (Wildman–Crippen MR) is 111 cm³/mol. The molecule has 5 heteroatoms. The van der Waals surface area contributed by atoms with E-state index < -0.39 is 12.0 Å². The minimum atomic E-state index is -0.740. The van der Waals surface area contributed by atoms with E-state index in [1.165, 1.54) is 0 Å². The van der Waals surface area contributed by atoms with Gasteiger partial charge in [-0.15, -0.1) is 11.3 Å². The molecular formula is C23H23NO3S. The van der Waals surface area contributed by atoms with Crippen LogP contribution in [0.1, 0.15) is 34.9 Å². The van der Waals surface area contributed by atoms with E-state index in [9.17, 15) is 9.90 Å². The predicted octanol–water partition coefficient (Wildman–Crippen LogP) is 4.97. The first-order valence-electron chi connectivity index (χ1n) is 9.51. The number of hydrogen-bond donors (Lipinski definition) is 1. The molecule has 2 unspecified atom stereocenters. The first kappa shape index (κ1) is 18.7. The van der Waals surface area contributed by atoms with Crippen LogP contribution in [0, 0.1) is 0 Å². The van der Waals surface area contributed by atoms with Crippen molar-refractivity contribution < 1.29 is 14.6 Å². The summed E-state index contributed by atoms with van der Waals surface area (Å²) in [6, 6.07) is 21.7. The van der Waals surface area contributed by atoms with Gasteiger partial charge in [-0.3, -0.25) is 9.69 Å². The van der Waals surface area contributed by atoms with Crippen LogP contribution in [0.2, 0.25) is 0 Å². The van der Waals surface area contributed by atoms with Crippen LogP contribution in [0.4, 0.5) is 0 Å². The maximum Gasteiger partial charge on any atom is 0.320 e. The van der Waals surface area contributed by atoms with Crippen molar-refractivity contribution in [2.24, 2.45) is 0 Å². The van der Waals surface area contributed by atoms with Gasteiger partial charge in [0.25, 0.3) is 0 Å². The summed E-state index contributed by atoms with van der Waals surface area (Å²) in [5.74, 6) is 0.0597. The van der Waals surface area contributed by atoms with Gasteiger partial charge >= 0.3 is 5.97 Å². The Morgan fingerprint density at radius 3 is 2.75 bits per heavy atom. The number of carbonyl (C=O) groups is 1. The van der Waals surface area contributed by atoms with Crippen LogP contribution >= 0.6 is 11.3 Å². The molecule has 0 bridgehead atoms. The van der Waals surface area contributed by atoms with Crippen LogP contribution in [-0.4, -0.2) is 28.6 Å². The van der Waals surface area contributed by atoms with Crippen LogP contribution in [-0.2, 0) is 11.4 Å². The molecule has 144 valence electrons. The Labute approximate surface area is 169 Å². The normalized spacial score (nSPS) is 18.1. The largest absolute Gasteiger partial charge is 0.489 e. The first-order chi connectivity index (χ1) is 13.7. The van der Waals surface area contributed by atoms with E-state index in [2.05, 4.69) is 17.0 Å². The van der Waals surface area contributed by atoms with Crippen LogP contribution in [0.3, 0.4) is 0 Å². The Balaban J connectivity index is 1.61. The van der Waals surface area contributed by atoms with Gasteiger partial charge in [0.1, 0.15) is 18.4 Å². The first-order valence-corrected chi connectivity index (χ1v) is 10.4. The van der Waals surface area contributed by atoms with Crippen molar-refractivity contribution in [3.63, 3.8) is 0 Å². The second kappa shape index (κ2) is 8.59. The third-order valence-electron chi connectivity index (χ3n) is 5.15. The summed E-state index contributed by atoms with van der Waals surface area (Å²) in [6.45, 7) is 1.30. The number of nitrogens with zero attached hydrogens (tertiary/aromatic N) is 1. The second-order valence-corrected chi connectivity index (χ2v) is 7.98. The maximum absolute atomic E-state index is 11.8. The summed E-state index contributed by atoms with van der Waals surface area (Å²) in [4.78, 5) is 15.1.